The Labute approximate surface area is 202 Å². The van der Waals surface area contributed by atoms with Crippen molar-refractivity contribution in [2.75, 3.05) is 6.61 Å². The molecule has 9 atom stereocenters. The maximum absolute atomic E-state index is 9.76. The van der Waals surface area contributed by atoms with Crippen molar-refractivity contribution in [3.8, 4) is 0 Å². The summed E-state index contributed by atoms with van der Waals surface area (Å²) in [5, 5.41) is 13.6. The molecule has 1 N–H and O–H groups in total. The van der Waals surface area contributed by atoms with E-state index >= 15 is 0 Å². The molecular weight excluding hydrogens is 406 g/mol. The zero-order valence-electron chi connectivity index (χ0n) is 22.5. The third kappa shape index (κ3) is 2.54. The second-order valence-corrected chi connectivity index (χ2v) is 15.5. The SMILES string of the molecule is CC1(C)CC[C@@]23CC[C@]4(C)[C@H](CC[C@@H]5[C@@]6(C)CC/C(=N\O)C(C)(C)[C@H]6CC[C@]54C)[C@@H]2[C@@H]1OC3. The van der Waals surface area contributed by atoms with Gasteiger partial charge in [0.15, 0.2) is 0 Å². The van der Waals surface area contributed by atoms with Crippen LogP contribution < -0.4 is 0 Å². The molecule has 2 bridgehead atoms. The molecule has 1 saturated heterocycles. The maximum atomic E-state index is 9.76. The molecule has 5 aliphatic carbocycles. The zero-order valence-corrected chi connectivity index (χ0v) is 22.5. The smallest absolute Gasteiger partial charge is 0.0663 e. The van der Waals surface area contributed by atoms with Crippen molar-refractivity contribution in [1.29, 1.82) is 0 Å². The maximum Gasteiger partial charge on any atom is 0.0663 e. The Bertz CT molecular complexity index is 877. The summed E-state index contributed by atoms with van der Waals surface area (Å²) in [6.45, 7) is 18.8. The fraction of sp³-hybridized carbons (Fsp3) is 0.967. The van der Waals surface area contributed by atoms with Gasteiger partial charge in [0.05, 0.1) is 18.4 Å². The average molecular weight is 456 g/mol. The quantitative estimate of drug-likeness (QED) is 0.300. The Morgan fingerprint density at radius 3 is 2.24 bits per heavy atom. The molecule has 33 heavy (non-hydrogen) atoms. The lowest BCUT2D eigenvalue weighted by atomic mass is 9.31. The number of ether oxygens (including phenoxy) is 1. The van der Waals surface area contributed by atoms with Crippen LogP contribution >= 0.6 is 0 Å². The molecule has 0 aromatic heterocycles. The van der Waals surface area contributed by atoms with Crippen molar-refractivity contribution < 1.29 is 9.94 Å². The summed E-state index contributed by atoms with van der Waals surface area (Å²) in [4.78, 5) is 0. The van der Waals surface area contributed by atoms with Crippen LogP contribution in [0.2, 0.25) is 0 Å². The van der Waals surface area contributed by atoms with E-state index in [-0.39, 0.29) is 5.41 Å². The van der Waals surface area contributed by atoms with Crippen molar-refractivity contribution >= 4 is 5.71 Å². The predicted molar refractivity (Wildman–Crippen MR) is 133 cm³/mol. The molecule has 5 saturated carbocycles. The van der Waals surface area contributed by atoms with E-state index in [0.29, 0.717) is 39.1 Å². The van der Waals surface area contributed by atoms with Crippen LogP contribution in [-0.2, 0) is 4.74 Å². The Kier molecular flexibility index (Phi) is 4.57. The molecule has 6 fully saturated rings. The summed E-state index contributed by atoms with van der Waals surface area (Å²) in [7, 11) is 0. The van der Waals surface area contributed by atoms with Gasteiger partial charge in [0, 0.05) is 5.41 Å². The third-order valence-corrected chi connectivity index (χ3v) is 14.0. The molecule has 1 aliphatic heterocycles. The van der Waals surface area contributed by atoms with Crippen molar-refractivity contribution in [1.82, 2.24) is 0 Å². The number of oxime groups is 1. The normalized spacial score (nSPS) is 57.5. The van der Waals surface area contributed by atoms with Crippen LogP contribution in [0.3, 0.4) is 0 Å². The fourth-order valence-corrected chi connectivity index (χ4v) is 12.0. The Hall–Kier alpha value is -0.570. The van der Waals surface area contributed by atoms with Crippen LogP contribution in [0.1, 0.15) is 113 Å². The molecule has 186 valence electrons. The highest BCUT2D eigenvalue weighted by Crippen LogP contribution is 2.77. The number of nitrogens with zero attached hydrogens (tertiary/aromatic N) is 1. The zero-order chi connectivity index (χ0) is 23.7. The molecule has 0 aromatic rings. The van der Waals surface area contributed by atoms with Crippen LogP contribution in [0.15, 0.2) is 5.16 Å². The van der Waals surface area contributed by atoms with E-state index in [9.17, 15) is 5.21 Å². The van der Waals surface area contributed by atoms with Crippen molar-refractivity contribution in [3.05, 3.63) is 0 Å². The second-order valence-electron chi connectivity index (χ2n) is 15.5. The van der Waals surface area contributed by atoms with E-state index in [1.165, 1.54) is 57.8 Å². The lowest BCUT2D eigenvalue weighted by molar-refractivity contribution is -0.235. The first-order chi connectivity index (χ1) is 15.4. The van der Waals surface area contributed by atoms with Crippen LogP contribution in [0.25, 0.3) is 0 Å². The van der Waals surface area contributed by atoms with Gasteiger partial charge in [0.25, 0.3) is 0 Å². The van der Waals surface area contributed by atoms with Crippen LogP contribution in [0, 0.1) is 56.2 Å². The summed E-state index contributed by atoms with van der Waals surface area (Å²) in [6.07, 6.45) is 13.6. The highest BCUT2D eigenvalue weighted by Gasteiger charge is 2.72. The van der Waals surface area contributed by atoms with Gasteiger partial charge in [-0.15, -0.1) is 0 Å². The molecule has 6 aliphatic rings. The molecule has 0 aromatic carbocycles. The predicted octanol–water partition coefficient (Wildman–Crippen LogP) is 7.71. The van der Waals surface area contributed by atoms with Gasteiger partial charge in [-0.1, -0.05) is 53.6 Å². The third-order valence-electron chi connectivity index (χ3n) is 14.0. The standard InChI is InChI=1S/C30H49NO2/c1-25(2)14-16-30-17-15-28(6)19(23(30)24(25)33-18-30)8-9-21-27(5)12-11-22(31-32)26(3,4)20(27)10-13-29(21,28)7/h19-21,23-24,32H,8-18H2,1-7H3/b31-22+/t19-,20-,21-,23-,24+,27+,28-,29-,30+/m1/s1. The number of hydrogen-bond acceptors (Lipinski definition) is 3. The number of fused-ring (bicyclic) bond motifs is 5. The molecule has 0 radical (unpaired) electrons. The first-order valence-corrected chi connectivity index (χ1v) is 14.2. The molecule has 3 heteroatoms. The minimum atomic E-state index is 0.0117. The number of hydrogen-bond donors (Lipinski definition) is 1. The van der Waals surface area contributed by atoms with Gasteiger partial charge in [0.2, 0.25) is 0 Å². The molecular formula is C30H49NO2. The average Bonchev–Trinajstić information content (AvgIpc) is 3.07. The summed E-state index contributed by atoms with van der Waals surface area (Å²) in [6, 6.07) is 0. The first-order valence-electron chi connectivity index (χ1n) is 14.2. The topological polar surface area (TPSA) is 41.8 Å². The molecule has 6 rings (SSSR count). The molecule has 0 amide bonds. The van der Waals surface area contributed by atoms with Crippen LogP contribution in [0.4, 0.5) is 0 Å². The molecule has 3 nitrogen and oxygen atoms in total. The van der Waals surface area contributed by atoms with Crippen LogP contribution in [-0.4, -0.2) is 23.6 Å². The summed E-state index contributed by atoms with van der Waals surface area (Å²) in [5.41, 5.74) is 3.06. The highest BCUT2D eigenvalue weighted by atomic mass is 16.5. The summed E-state index contributed by atoms with van der Waals surface area (Å²) >= 11 is 0. The first kappa shape index (κ1) is 22.9. The Morgan fingerprint density at radius 2 is 1.52 bits per heavy atom. The van der Waals surface area contributed by atoms with Gasteiger partial charge in [0.1, 0.15) is 0 Å². The lowest BCUT2D eigenvalue weighted by Gasteiger charge is -2.73. The van der Waals surface area contributed by atoms with Gasteiger partial charge in [-0.2, -0.15) is 0 Å². The summed E-state index contributed by atoms with van der Waals surface area (Å²) in [5.74, 6) is 3.02. The molecule has 0 unspecified atom stereocenters. The summed E-state index contributed by atoms with van der Waals surface area (Å²) < 4.78 is 6.71. The number of rotatable bonds is 0. The van der Waals surface area contributed by atoms with E-state index < -0.39 is 0 Å². The minimum Gasteiger partial charge on any atom is -0.411 e. The van der Waals surface area contributed by atoms with Crippen molar-refractivity contribution in [2.45, 2.75) is 119 Å². The largest absolute Gasteiger partial charge is 0.411 e. The molecule has 1 heterocycles. The van der Waals surface area contributed by atoms with Crippen molar-refractivity contribution in [3.63, 3.8) is 0 Å². The Balaban J connectivity index is 1.39. The highest BCUT2D eigenvalue weighted by molar-refractivity contribution is 5.90. The van der Waals surface area contributed by atoms with E-state index in [1.54, 1.807) is 0 Å². The van der Waals surface area contributed by atoms with E-state index in [2.05, 4.69) is 53.6 Å². The van der Waals surface area contributed by atoms with E-state index in [1.807, 2.05) is 0 Å². The lowest BCUT2D eigenvalue weighted by Crippen LogP contribution is -2.67. The van der Waals surface area contributed by atoms with Crippen LogP contribution in [0.5, 0.6) is 0 Å². The second kappa shape index (κ2) is 6.60. The van der Waals surface area contributed by atoms with E-state index in [0.717, 1.165) is 36.5 Å². The fourth-order valence-electron chi connectivity index (χ4n) is 12.0. The Morgan fingerprint density at radius 1 is 0.788 bits per heavy atom. The van der Waals surface area contributed by atoms with E-state index in [4.69, 9.17) is 4.74 Å². The van der Waals surface area contributed by atoms with Gasteiger partial charge in [-0.25, -0.2) is 0 Å². The minimum absolute atomic E-state index is 0.0117. The van der Waals surface area contributed by atoms with Crippen molar-refractivity contribution in [2.24, 2.45) is 61.3 Å². The van der Waals surface area contributed by atoms with Gasteiger partial charge >= 0.3 is 0 Å². The van der Waals surface area contributed by atoms with Gasteiger partial charge in [-0.3, -0.25) is 0 Å². The molecule has 0 spiro atoms. The van der Waals surface area contributed by atoms with Gasteiger partial charge in [-0.05, 0) is 115 Å². The van der Waals surface area contributed by atoms with Gasteiger partial charge < -0.3 is 9.94 Å². The monoisotopic (exact) mass is 455 g/mol.